The Hall–Kier alpha value is 0.170. The van der Waals surface area contributed by atoms with Gasteiger partial charge in [0.05, 0.1) is 18.6 Å². The molecule has 0 amide bonds. The van der Waals surface area contributed by atoms with E-state index in [1.54, 1.807) is 0 Å². The lowest BCUT2D eigenvalue weighted by Crippen LogP contribution is -2.31. The van der Waals surface area contributed by atoms with E-state index in [1.165, 1.54) is 6.42 Å². The fourth-order valence-electron chi connectivity index (χ4n) is 1.40. The number of ether oxygens (including phenoxy) is 3. The SMILES string of the molecule is CCOCC(CCl)OC1CCCCO1. The third-order valence-electron chi connectivity index (χ3n) is 2.16. The van der Waals surface area contributed by atoms with Crippen molar-refractivity contribution in [2.45, 2.75) is 38.6 Å². The Morgan fingerprint density at radius 1 is 1.50 bits per heavy atom. The number of hydrogen-bond acceptors (Lipinski definition) is 3. The van der Waals surface area contributed by atoms with E-state index in [0.717, 1.165) is 19.4 Å². The fourth-order valence-corrected chi connectivity index (χ4v) is 1.56. The molecule has 3 nitrogen and oxygen atoms in total. The summed E-state index contributed by atoms with van der Waals surface area (Å²) in [7, 11) is 0. The molecule has 1 fully saturated rings. The van der Waals surface area contributed by atoms with Gasteiger partial charge in [0, 0.05) is 13.2 Å². The maximum atomic E-state index is 5.76. The van der Waals surface area contributed by atoms with Gasteiger partial charge in [-0.1, -0.05) is 0 Å². The maximum Gasteiger partial charge on any atom is 0.158 e. The molecule has 1 aliphatic heterocycles. The molecular weight excluding hydrogens is 204 g/mol. The van der Waals surface area contributed by atoms with Crippen molar-refractivity contribution in [1.82, 2.24) is 0 Å². The second-order valence-electron chi connectivity index (χ2n) is 3.37. The molecule has 0 aromatic rings. The van der Waals surface area contributed by atoms with Crippen molar-refractivity contribution in [2.24, 2.45) is 0 Å². The van der Waals surface area contributed by atoms with Gasteiger partial charge in [0.2, 0.25) is 0 Å². The molecule has 0 N–H and O–H groups in total. The molecule has 0 saturated carbocycles. The molecule has 1 rings (SSSR count). The van der Waals surface area contributed by atoms with Gasteiger partial charge in [0.15, 0.2) is 6.29 Å². The molecular formula is C10H19ClO3. The second kappa shape index (κ2) is 7.46. The van der Waals surface area contributed by atoms with E-state index in [9.17, 15) is 0 Å². The van der Waals surface area contributed by atoms with E-state index < -0.39 is 0 Å². The number of alkyl halides is 1. The molecule has 1 aliphatic rings. The molecule has 1 heterocycles. The van der Waals surface area contributed by atoms with Gasteiger partial charge in [0.1, 0.15) is 0 Å². The number of hydrogen-bond donors (Lipinski definition) is 0. The van der Waals surface area contributed by atoms with Crippen LogP contribution < -0.4 is 0 Å². The molecule has 84 valence electrons. The summed E-state index contributed by atoms with van der Waals surface area (Å²) in [5.74, 6) is 0.458. The monoisotopic (exact) mass is 222 g/mol. The lowest BCUT2D eigenvalue weighted by Gasteiger charge is -2.26. The van der Waals surface area contributed by atoms with Gasteiger partial charge in [0.25, 0.3) is 0 Å². The minimum atomic E-state index is -0.0760. The van der Waals surface area contributed by atoms with Crippen molar-refractivity contribution >= 4 is 11.6 Å². The minimum Gasteiger partial charge on any atom is -0.379 e. The lowest BCUT2D eigenvalue weighted by atomic mass is 10.2. The van der Waals surface area contributed by atoms with Crippen molar-refractivity contribution in [1.29, 1.82) is 0 Å². The molecule has 14 heavy (non-hydrogen) atoms. The van der Waals surface area contributed by atoms with Gasteiger partial charge in [-0.15, -0.1) is 11.6 Å². The first-order chi connectivity index (χ1) is 6.86. The van der Waals surface area contributed by atoms with Crippen LogP contribution in [-0.4, -0.2) is 38.1 Å². The van der Waals surface area contributed by atoms with Crippen molar-refractivity contribution in [3.63, 3.8) is 0 Å². The van der Waals surface area contributed by atoms with Gasteiger partial charge in [-0.2, -0.15) is 0 Å². The number of rotatable bonds is 6. The smallest absolute Gasteiger partial charge is 0.158 e. The van der Waals surface area contributed by atoms with Crippen LogP contribution in [0, 0.1) is 0 Å². The maximum absolute atomic E-state index is 5.76. The van der Waals surface area contributed by atoms with Crippen molar-refractivity contribution in [2.75, 3.05) is 25.7 Å². The minimum absolute atomic E-state index is 0.0419. The van der Waals surface area contributed by atoms with Gasteiger partial charge in [-0.05, 0) is 26.2 Å². The van der Waals surface area contributed by atoms with Crippen LogP contribution in [0.2, 0.25) is 0 Å². The molecule has 0 aromatic carbocycles. The molecule has 0 bridgehead atoms. The van der Waals surface area contributed by atoms with Crippen LogP contribution >= 0.6 is 11.6 Å². The summed E-state index contributed by atoms with van der Waals surface area (Å²) in [5.41, 5.74) is 0. The predicted octanol–water partition coefficient (Wildman–Crippen LogP) is 2.17. The summed E-state index contributed by atoms with van der Waals surface area (Å²) >= 11 is 5.76. The molecule has 0 spiro atoms. The van der Waals surface area contributed by atoms with Gasteiger partial charge < -0.3 is 14.2 Å². The summed E-state index contributed by atoms with van der Waals surface area (Å²) in [4.78, 5) is 0. The molecule has 1 saturated heterocycles. The van der Waals surface area contributed by atoms with E-state index >= 15 is 0 Å². The van der Waals surface area contributed by atoms with E-state index in [1.807, 2.05) is 6.92 Å². The highest BCUT2D eigenvalue weighted by atomic mass is 35.5. The van der Waals surface area contributed by atoms with Crippen molar-refractivity contribution in [3.8, 4) is 0 Å². The van der Waals surface area contributed by atoms with Crippen LogP contribution in [0.4, 0.5) is 0 Å². The first-order valence-electron chi connectivity index (χ1n) is 5.27. The summed E-state index contributed by atoms with van der Waals surface area (Å²) in [5, 5.41) is 0. The highest BCUT2D eigenvalue weighted by Gasteiger charge is 2.19. The van der Waals surface area contributed by atoms with E-state index in [-0.39, 0.29) is 12.4 Å². The molecule has 2 atom stereocenters. The Morgan fingerprint density at radius 3 is 2.93 bits per heavy atom. The van der Waals surface area contributed by atoms with Gasteiger partial charge in [-0.3, -0.25) is 0 Å². The topological polar surface area (TPSA) is 27.7 Å². The lowest BCUT2D eigenvalue weighted by molar-refractivity contribution is -0.192. The summed E-state index contributed by atoms with van der Waals surface area (Å²) in [6.07, 6.45) is 3.16. The fraction of sp³-hybridized carbons (Fsp3) is 1.00. The van der Waals surface area contributed by atoms with Crippen LogP contribution in [0.1, 0.15) is 26.2 Å². The zero-order chi connectivity index (χ0) is 10.2. The molecule has 0 aromatic heterocycles. The standard InChI is InChI=1S/C10H19ClO3/c1-2-12-8-9(7-11)14-10-5-3-4-6-13-10/h9-10H,2-8H2,1H3. The Balaban J connectivity index is 2.16. The first-order valence-corrected chi connectivity index (χ1v) is 5.81. The highest BCUT2D eigenvalue weighted by molar-refractivity contribution is 6.18. The Bertz CT molecular complexity index is 137. The van der Waals surface area contributed by atoms with Gasteiger partial charge in [-0.25, -0.2) is 0 Å². The van der Waals surface area contributed by atoms with Crippen molar-refractivity contribution in [3.05, 3.63) is 0 Å². The number of halogens is 1. The quantitative estimate of drug-likeness (QED) is 0.645. The van der Waals surface area contributed by atoms with Crippen LogP contribution in [-0.2, 0) is 14.2 Å². The largest absolute Gasteiger partial charge is 0.379 e. The zero-order valence-corrected chi connectivity index (χ0v) is 9.46. The molecule has 0 aliphatic carbocycles. The third kappa shape index (κ3) is 4.60. The van der Waals surface area contributed by atoms with E-state index in [0.29, 0.717) is 19.1 Å². The zero-order valence-electron chi connectivity index (χ0n) is 8.71. The molecule has 2 unspecified atom stereocenters. The average Bonchev–Trinajstić information content (AvgIpc) is 2.25. The highest BCUT2D eigenvalue weighted by Crippen LogP contribution is 2.16. The van der Waals surface area contributed by atoms with Crippen LogP contribution in [0.3, 0.4) is 0 Å². The Kier molecular flexibility index (Phi) is 6.52. The Labute approximate surface area is 90.7 Å². The summed E-state index contributed by atoms with van der Waals surface area (Å²) in [6.45, 7) is 4.01. The van der Waals surface area contributed by atoms with Crippen LogP contribution in [0.25, 0.3) is 0 Å². The van der Waals surface area contributed by atoms with Crippen molar-refractivity contribution < 1.29 is 14.2 Å². The predicted molar refractivity (Wildman–Crippen MR) is 55.7 cm³/mol. The molecule has 0 radical (unpaired) electrons. The van der Waals surface area contributed by atoms with E-state index in [2.05, 4.69) is 0 Å². The average molecular weight is 223 g/mol. The third-order valence-corrected chi connectivity index (χ3v) is 2.51. The van der Waals surface area contributed by atoms with Crippen LogP contribution in [0.5, 0.6) is 0 Å². The van der Waals surface area contributed by atoms with Gasteiger partial charge >= 0.3 is 0 Å². The summed E-state index contributed by atoms with van der Waals surface area (Å²) < 4.78 is 16.4. The first kappa shape index (κ1) is 12.2. The van der Waals surface area contributed by atoms with Crippen LogP contribution in [0.15, 0.2) is 0 Å². The summed E-state index contributed by atoms with van der Waals surface area (Å²) in [6, 6.07) is 0. The normalized spacial score (nSPS) is 24.9. The van der Waals surface area contributed by atoms with E-state index in [4.69, 9.17) is 25.8 Å². The second-order valence-corrected chi connectivity index (χ2v) is 3.68. The Morgan fingerprint density at radius 2 is 2.36 bits per heavy atom. The molecule has 4 heteroatoms.